The molecule has 1 fully saturated rings. The van der Waals surface area contributed by atoms with Crippen LogP contribution in [0, 0.1) is 5.92 Å². The van der Waals surface area contributed by atoms with Crippen LogP contribution in [0.25, 0.3) is 0 Å². The Morgan fingerprint density at radius 1 is 1.53 bits per heavy atom. The number of nitrogens with zero attached hydrogens (tertiary/aromatic N) is 2. The molecule has 1 aliphatic heterocycles. The predicted octanol–water partition coefficient (Wildman–Crippen LogP) is 2.38. The van der Waals surface area contributed by atoms with E-state index in [2.05, 4.69) is 4.98 Å². The molecule has 2 rings (SSSR count). The maximum Gasteiger partial charge on any atom is 0.393 e. The average molecular weight is 265 g/mol. The van der Waals surface area contributed by atoms with Gasteiger partial charge in [0.25, 0.3) is 0 Å². The summed E-state index contributed by atoms with van der Waals surface area (Å²) < 4.78 is 37.9. The molecule has 0 bridgehead atoms. The van der Waals surface area contributed by atoms with Crippen LogP contribution in [-0.4, -0.2) is 24.2 Å². The van der Waals surface area contributed by atoms with Crippen molar-refractivity contribution >= 4 is 16.5 Å². The molecule has 7 heteroatoms. The number of alkyl halides is 3. The van der Waals surface area contributed by atoms with Gasteiger partial charge in [-0.3, -0.25) is 0 Å². The van der Waals surface area contributed by atoms with Gasteiger partial charge in [0.05, 0.1) is 11.6 Å². The SMILES string of the molecule is NCc1csc(N2CCCC(C(F)(F)F)C2)n1. The molecule has 0 radical (unpaired) electrons. The quantitative estimate of drug-likeness (QED) is 0.892. The third kappa shape index (κ3) is 2.90. The van der Waals surface area contributed by atoms with E-state index in [1.807, 2.05) is 0 Å². The third-order valence-electron chi connectivity index (χ3n) is 2.90. The van der Waals surface area contributed by atoms with E-state index in [0.717, 1.165) is 5.69 Å². The van der Waals surface area contributed by atoms with E-state index in [1.54, 1.807) is 10.3 Å². The van der Waals surface area contributed by atoms with Crippen LogP contribution in [0.15, 0.2) is 5.38 Å². The topological polar surface area (TPSA) is 42.1 Å². The molecule has 0 spiro atoms. The molecule has 96 valence electrons. The largest absolute Gasteiger partial charge is 0.393 e. The number of thiazole rings is 1. The van der Waals surface area contributed by atoms with Crippen LogP contribution in [0.2, 0.25) is 0 Å². The highest BCUT2D eigenvalue weighted by Crippen LogP contribution is 2.35. The molecule has 3 nitrogen and oxygen atoms in total. The Balaban J connectivity index is 2.06. The summed E-state index contributed by atoms with van der Waals surface area (Å²) in [5.41, 5.74) is 6.17. The van der Waals surface area contributed by atoms with Gasteiger partial charge in [0.2, 0.25) is 0 Å². The van der Waals surface area contributed by atoms with E-state index in [4.69, 9.17) is 5.73 Å². The molecule has 2 heterocycles. The molecule has 0 aliphatic carbocycles. The van der Waals surface area contributed by atoms with E-state index in [-0.39, 0.29) is 13.0 Å². The first kappa shape index (κ1) is 12.6. The minimum atomic E-state index is -4.10. The lowest BCUT2D eigenvalue weighted by molar-refractivity contribution is -0.175. The molecule has 1 saturated heterocycles. The number of anilines is 1. The van der Waals surface area contributed by atoms with Crippen molar-refractivity contribution < 1.29 is 13.2 Å². The molecular formula is C10H14F3N3S. The molecular weight excluding hydrogens is 251 g/mol. The minimum Gasteiger partial charge on any atom is -0.347 e. The number of piperidine rings is 1. The Morgan fingerprint density at radius 2 is 2.29 bits per heavy atom. The van der Waals surface area contributed by atoms with E-state index < -0.39 is 12.1 Å². The third-order valence-corrected chi connectivity index (χ3v) is 3.85. The van der Waals surface area contributed by atoms with Gasteiger partial charge in [-0.05, 0) is 12.8 Å². The first-order valence-electron chi connectivity index (χ1n) is 5.47. The zero-order valence-electron chi connectivity index (χ0n) is 9.20. The van der Waals surface area contributed by atoms with Gasteiger partial charge in [0, 0.05) is 25.0 Å². The Kier molecular flexibility index (Phi) is 3.58. The molecule has 1 atom stereocenters. The zero-order chi connectivity index (χ0) is 12.5. The van der Waals surface area contributed by atoms with E-state index in [9.17, 15) is 13.2 Å². The summed E-state index contributed by atoms with van der Waals surface area (Å²) in [5, 5.41) is 2.45. The number of halogens is 3. The highest BCUT2D eigenvalue weighted by atomic mass is 32.1. The fraction of sp³-hybridized carbons (Fsp3) is 0.700. The lowest BCUT2D eigenvalue weighted by atomic mass is 9.98. The molecule has 1 aromatic heterocycles. The molecule has 1 unspecified atom stereocenters. The minimum absolute atomic E-state index is 0.0149. The summed E-state index contributed by atoms with van der Waals surface area (Å²) in [6.07, 6.45) is -3.33. The first-order valence-corrected chi connectivity index (χ1v) is 6.35. The highest BCUT2D eigenvalue weighted by Gasteiger charge is 2.42. The van der Waals surface area contributed by atoms with Gasteiger partial charge < -0.3 is 10.6 Å². The van der Waals surface area contributed by atoms with E-state index in [1.165, 1.54) is 11.3 Å². The van der Waals surface area contributed by atoms with Crippen molar-refractivity contribution in [3.8, 4) is 0 Å². The Labute approximate surface area is 101 Å². The lowest BCUT2D eigenvalue weighted by Crippen LogP contribution is -2.41. The van der Waals surface area contributed by atoms with Gasteiger partial charge in [0.15, 0.2) is 5.13 Å². The van der Waals surface area contributed by atoms with Crippen molar-refractivity contribution in [2.24, 2.45) is 11.7 Å². The van der Waals surface area contributed by atoms with Crippen molar-refractivity contribution in [1.29, 1.82) is 0 Å². The zero-order valence-corrected chi connectivity index (χ0v) is 10.0. The molecule has 2 N–H and O–H groups in total. The Bertz CT molecular complexity index is 377. The van der Waals surface area contributed by atoms with Gasteiger partial charge in [-0.2, -0.15) is 13.2 Å². The summed E-state index contributed by atoms with van der Waals surface area (Å²) in [7, 11) is 0. The normalized spacial score (nSPS) is 21.9. The van der Waals surface area contributed by atoms with E-state index in [0.29, 0.717) is 24.6 Å². The van der Waals surface area contributed by atoms with Crippen LogP contribution in [0.4, 0.5) is 18.3 Å². The van der Waals surface area contributed by atoms with Gasteiger partial charge in [0.1, 0.15) is 0 Å². The molecule has 0 amide bonds. The number of aromatic nitrogens is 1. The van der Waals surface area contributed by atoms with Gasteiger partial charge in [-0.1, -0.05) is 0 Å². The summed E-state index contributed by atoms with van der Waals surface area (Å²) in [4.78, 5) is 5.93. The molecule has 1 aromatic rings. The van der Waals surface area contributed by atoms with E-state index >= 15 is 0 Å². The summed E-state index contributed by atoms with van der Waals surface area (Å²) in [6.45, 7) is 0.984. The number of nitrogens with two attached hydrogens (primary N) is 1. The van der Waals surface area contributed by atoms with Crippen LogP contribution in [0.5, 0.6) is 0 Å². The second-order valence-electron chi connectivity index (χ2n) is 4.15. The van der Waals surface area contributed by atoms with Crippen LogP contribution >= 0.6 is 11.3 Å². The van der Waals surface area contributed by atoms with Crippen LogP contribution in [0.3, 0.4) is 0 Å². The van der Waals surface area contributed by atoms with Crippen molar-refractivity contribution in [2.45, 2.75) is 25.6 Å². The standard InChI is InChI=1S/C10H14F3N3S/c11-10(12,13)7-2-1-3-16(5-7)9-15-8(4-14)6-17-9/h6-7H,1-5,14H2. The monoisotopic (exact) mass is 265 g/mol. The second-order valence-corrected chi connectivity index (χ2v) is 4.99. The maximum atomic E-state index is 12.6. The number of hydrogen-bond acceptors (Lipinski definition) is 4. The summed E-state index contributed by atoms with van der Waals surface area (Å²) >= 11 is 1.36. The van der Waals surface area contributed by atoms with Gasteiger partial charge in [-0.25, -0.2) is 4.98 Å². The summed E-state index contributed by atoms with van der Waals surface area (Å²) in [5.74, 6) is -1.23. The van der Waals surface area contributed by atoms with Gasteiger partial charge >= 0.3 is 6.18 Å². The summed E-state index contributed by atoms with van der Waals surface area (Å²) in [6, 6.07) is 0. The molecule has 0 saturated carbocycles. The molecule has 1 aliphatic rings. The number of hydrogen-bond donors (Lipinski definition) is 1. The van der Waals surface area contributed by atoms with Crippen LogP contribution < -0.4 is 10.6 Å². The fourth-order valence-corrected chi connectivity index (χ4v) is 2.83. The lowest BCUT2D eigenvalue weighted by Gasteiger charge is -2.33. The Morgan fingerprint density at radius 3 is 2.88 bits per heavy atom. The fourth-order valence-electron chi connectivity index (χ4n) is 1.95. The number of rotatable bonds is 2. The van der Waals surface area contributed by atoms with Crippen LogP contribution in [0.1, 0.15) is 18.5 Å². The molecule has 17 heavy (non-hydrogen) atoms. The second kappa shape index (κ2) is 4.81. The smallest absolute Gasteiger partial charge is 0.347 e. The predicted molar refractivity (Wildman–Crippen MR) is 61.0 cm³/mol. The molecule has 0 aromatic carbocycles. The highest BCUT2D eigenvalue weighted by molar-refractivity contribution is 7.13. The van der Waals surface area contributed by atoms with Crippen molar-refractivity contribution in [2.75, 3.05) is 18.0 Å². The maximum absolute atomic E-state index is 12.6. The van der Waals surface area contributed by atoms with Crippen LogP contribution in [-0.2, 0) is 6.54 Å². The average Bonchev–Trinajstić information content (AvgIpc) is 2.76. The van der Waals surface area contributed by atoms with Gasteiger partial charge in [-0.15, -0.1) is 11.3 Å². The van der Waals surface area contributed by atoms with Crippen molar-refractivity contribution in [1.82, 2.24) is 4.98 Å². The first-order chi connectivity index (χ1) is 8.00. The van der Waals surface area contributed by atoms with Crippen molar-refractivity contribution in [3.05, 3.63) is 11.1 Å². The van der Waals surface area contributed by atoms with Crippen molar-refractivity contribution in [3.63, 3.8) is 0 Å². The Hall–Kier alpha value is -0.820.